The number of hydrogen-bond acceptors (Lipinski definition) is 1. The van der Waals surface area contributed by atoms with E-state index in [1.54, 1.807) is 0 Å². The molecule has 108 valence electrons. The Morgan fingerprint density at radius 1 is 1.00 bits per heavy atom. The van der Waals surface area contributed by atoms with E-state index in [0.29, 0.717) is 12.1 Å². The zero-order valence-electron chi connectivity index (χ0n) is 12.4. The van der Waals surface area contributed by atoms with Gasteiger partial charge < -0.3 is 5.32 Å². The molecular formula is C19H21NO. The molecular weight excluding hydrogens is 258 g/mol. The third-order valence-corrected chi connectivity index (χ3v) is 3.26. The molecule has 0 bridgehead atoms. The highest BCUT2D eigenvalue weighted by molar-refractivity contribution is 6.24. The Kier molecular flexibility index (Phi) is 5.77. The highest BCUT2D eigenvalue weighted by Gasteiger charge is 2.11. The van der Waals surface area contributed by atoms with Gasteiger partial charge in [0.2, 0.25) is 0 Å². The van der Waals surface area contributed by atoms with Crippen LogP contribution in [0.25, 0.3) is 11.6 Å². The lowest BCUT2D eigenvalue weighted by atomic mass is 10.0. The maximum Gasteiger partial charge on any atom is 0.251 e. The quantitative estimate of drug-likeness (QED) is 0.480. The summed E-state index contributed by atoms with van der Waals surface area (Å²) in [5.74, 6) is -0.0153. The molecule has 1 N–H and O–H groups in total. The van der Waals surface area contributed by atoms with Crippen molar-refractivity contribution in [2.24, 2.45) is 0 Å². The number of carbonyl (C=O) groups is 1. The van der Waals surface area contributed by atoms with Crippen molar-refractivity contribution in [3.63, 3.8) is 0 Å². The SMILES string of the molecule is CCCCNC(=O)/C(=C/c1ccccc1)c1ccccc1. The summed E-state index contributed by atoms with van der Waals surface area (Å²) in [6, 6.07) is 19.7. The normalized spacial score (nSPS) is 11.2. The summed E-state index contributed by atoms with van der Waals surface area (Å²) in [6.07, 6.45) is 4.01. The Morgan fingerprint density at radius 3 is 2.24 bits per heavy atom. The van der Waals surface area contributed by atoms with Gasteiger partial charge in [0.15, 0.2) is 0 Å². The molecule has 0 unspecified atom stereocenters. The van der Waals surface area contributed by atoms with Crippen LogP contribution in [0.5, 0.6) is 0 Å². The van der Waals surface area contributed by atoms with Crippen molar-refractivity contribution < 1.29 is 4.79 Å². The summed E-state index contributed by atoms with van der Waals surface area (Å²) in [6.45, 7) is 2.83. The third kappa shape index (κ3) is 4.60. The first kappa shape index (κ1) is 15.0. The summed E-state index contributed by atoms with van der Waals surface area (Å²) in [5, 5.41) is 3.00. The number of benzene rings is 2. The van der Waals surface area contributed by atoms with E-state index in [1.807, 2.05) is 66.7 Å². The van der Waals surface area contributed by atoms with Crippen LogP contribution in [0.1, 0.15) is 30.9 Å². The molecule has 0 heterocycles. The van der Waals surface area contributed by atoms with Crippen LogP contribution in [-0.2, 0) is 4.79 Å². The molecule has 2 nitrogen and oxygen atoms in total. The molecule has 0 aliphatic rings. The van der Waals surface area contributed by atoms with Crippen LogP contribution in [0.3, 0.4) is 0 Å². The lowest BCUT2D eigenvalue weighted by Crippen LogP contribution is -2.25. The molecule has 0 spiro atoms. The summed E-state index contributed by atoms with van der Waals surface area (Å²) in [4.78, 5) is 12.4. The van der Waals surface area contributed by atoms with E-state index < -0.39 is 0 Å². The first-order valence-electron chi connectivity index (χ1n) is 7.41. The monoisotopic (exact) mass is 279 g/mol. The van der Waals surface area contributed by atoms with Crippen molar-refractivity contribution >= 4 is 17.6 Å². The summed E-state index contributed by atoms with van der Waals surface area (Å²) < 4.78 is 0. The highest BCUT2D eigenvalue weighted by atomic mass is 16.1. The molecule has 2 aromatic rings. The number of unbranched alkanes of at least 4 members (excludes halogenated alkanes) is 1. The Hall–Kier alpha value is -2.35. The smallest absolute Gasteiger partial charge is 0.251 e. The van der Waals surface area contributed by atoms with Crippen molar-refractivity contribution in [1.82, 2.24) is 5.32 Å². The zero-order valence-corrected chi connectivity index (χ0v) is 12.4. The molecule has 2 aromatic carbocycles. The van der Waals surface area contributed by atoms with Crippen LogP contribution in [0, 0.1) is 0 Å². The van der Waals surface area contributed by atoms with E-state index in [0.717, 1.165) is 24.0 Å². The zero-order chi connectivity index (χ0) is 14.9. The van der Waals surface area contributed by atoms with E-state index >= 15 is 0 Å². The van der Waals surface area contributed by atoms with Gasteiger partial charge >= 0.3 is 0 Å². The minimum Gasteiger partial charge on any atom is -0.352 e. The van der Waals surface area contributed by atoms with Crippen molar-refractivity contribution in [3.05, 3.63) is 71.8 Å². The maximum absolute atomic E-state index is 12.4. The Balaban J connectivity index is 2.27. The topological polar surface area (TPSA) is 29.1 Å². The van der Waals surface area contributed by atoms with Gasteiger partial charge in [-0.2, -0.15) is 0 Å². The fourth-order valence-corrected chi connectivity index (χ4v) is 2.09. The van der Waals surface area contributed by atoms with Crippen LogP contribution in [0.15, 0.2) is 60.7 Å². The Morgan fingerprint density at radius 2 is 1.62 bits per heavy atom. The van der Waals surface area contributed by atoms with E-state index in [4.69, 9.17) is 0 Å². The fourth-order valence-electron chi connectivity index (χ4n) is 2.09. The third-order valence-electron chi connectivity index (χ3n) is 3.26. The summed E-state index contributed by atoms with van der Waals surface area (Å²) in [7, 11) is 0. The Bertz CT molecular complexity index is 587. The molecule has 0 aliphatic carbocycles. The molecule has 0 aromatic heterocycles. The molecule has 0 atom stereocenters. The largest absolute Gasteiger partial charge is 0.352 e. The van der Waals surface area contributed by atoms with Crippen LogP contribution in [0.4, 0.5) is 0 Å². The molecule has 1 amide bonds. The molecule has 0 saturated carbocycles. The van der Waals surface area contributed by atoms with Crippen LogP contribution in [0.2, 0.25) is 0 Å². The minimum absolute atomic E-state index is 0.0153. The first-order valence-corrected chi connectivity index (χ1v) is 7.41. The number of carbonyl (C=O) groups excluding carboxylic acids is 1. The van der Waals surface area contributed by atoms with E-state index in [2.05, 4.69) is 12.2 Å². The van der Waals surface area contributed by atoms with E-state index in [-0.39, 0.29) is 5.91 Å². The molecule has 2 rings (SSSR count). The van der Waals surface area contributed by atoms with Crippen LogP contribution in [-0.4, -0.2) is 12.5 Å². The summed E-state index contributed by atoms with van der Waals surface area (Å²) >= 11 is 0. The lowest BCUT2D eigenvalue weighted by Gasteiger charge is -2.09. The predicted octanol–water partition coefficient (Wildman–Crippen LogP) is 4.14. The maximum atomic E-state index is 12.4. The molecule has 0 radical (unpaired) electrons. The van der Waals surface area contributed by atoms with Gasteiger partial charge in [-0.25, -0.2) is 0 Å². The molecule has 0 aliphatic heterocycles. The average Bonchev–Trinajstić information content (AvgIpc) is 2.54. The van der Waals surface area contributed by atoms with Crippen molar-refractivity contribution in [2.75, 3.05) is 6.54 Å². The van der Waals surface area contributed by atoms with Gasteiger partial charge in [0, 0.05) is 12.1 Å². The van der Waals surface area contributed by atoms with Gasteiger partial charge in [0.1, 0.15) is 0 Å². The summed E-state index contributed by atoms with van der Waals surface area (Å²) in [5.41, 5.74) is 2.68. The van der Waals surface area contributed by atoms with Crippen molar-refractivity contribution in [3.8, 4) is 0 Å². The van der Waals surface area contributed by atoms with Gasteiger partial charge in [-0.3, -0.25) is 4.79 Å². The first-order chi connectivity index (χ1) is 10.3. The van der Waals surface area contributed by atoms with Crippen molar-refractivity contribution in [2.45, 2.75) is 19.8 Å². The average molecular weight is 279 g/mol. The van der Waals surface area contributed by atoms with Gasteiger partial charge in [-0.1, -0.05) is 74.0 Å². The van der Waals surface area contributed by atoms with E-state index in [9.17, 15) is 4.79 Å². The number of nitrogens with one attached hydrogen (secondary N) is 1. The van der Waals surface area contributed by atoms with Gasteiger partial charge in [0.25, 0.3) is 5.91 Å². The predicted molar refractivity (Wildman–Crippen MR) is 88.7 cm³/mol. The second-order valence-electron chi connectivity index (χ2n) is 4.94. The molecule has 21 heavy (non-hydrogen) atoms. The second kappa shape index (κ2) is 8.05. The molecule has 2 heteroatoms. The van der Waals surface area contributed by atoms with Gasteiger partial charge in [-0.15, -0.1) is 0 Å². The van der Waals surface area contributed by atoms with E-state index in [1.165, 1.54) is 0 Å². The Labute approximate surface area is 126 Å². The fraction of sp³-hybridized carbons (Fsp3) is 0.211. The van der Waals surface area contributed by atoms with Crippen LogP contribution >= 0.6 is 0 Å². The second-order valence-corrected chi connectivity index (χ2v) is 4.94. The number of hydrogen-bond donors (Lipinski definition) is 1. The van der Waals surface area contributed by atoms with Gasteiger partial charge in [-0.05, 0) is 23.6 Å². The minimum atomic E-state index is -0.0153. The standard InChI is InChI=1S/C19H21NO/c1-2-3-14-20-19(21)18(17-12-8-5-9-13-17)15-16-10-6-4-7-11-16/h4-13,15H,2-3,14H2,1H3,(H,20,21)/b18-15+. The molecule has 0 saturated heterocycles. The highest BCUT2D eigenvalue weighted by Crippen LogP contribution is 2.18. The van der Waals surface area contributed by atoms with Gasteiger partial charge in [0.05, 0.1) is 0 Å². The molecule has 0 fully saturated rings. The van der Waals surface area contributed by atoms with Crippen LogP contribution < -0.4 is 5.32 Å². The lowest BCUT2D eigenvalue weighted by molar-refractivity contribution is -0.115. The number of rotatable bonds is 6. The van der Waals surface area contributed by atoms with Crippen molar-refractivity contribution in [1.29, 1.82) is 0 Å². The number of amides is 1.